The van der Waals surface area contributed by atoms with Crippen LogP contribution in [-0.4, -0.2) is 28.1 Å². The van der Waals surface area contributed by atoms with Crippen LogP contribution < -0.4 is 0 Å². The summed E-state index contributed by atoms with van der Waals surface area (Å²) in [7, 11) is 1.91. The van der Waals surface area contributed by atoms with Gasteiger partial charge in [-0.05, 0) is 50.8 Å². The van der Waals surface area contributed by atoms with Crippen molar-refractivity contribution in [2.45, 2.75) is 66.2 Å². The van der Waals surface area contributed by atoms with Crippen molar-refractivity contribution >= 4 is 17.5 Å². The molecular formula is C24H33N3O2. The number of aryl methyl sites for hydroxylation is 3. The standard InChI is InChI=1S/C24H33N3O2/c1-7-8-9-10-14-29-24(28)21-17(4)25-23-20(18(5)26-27(23)6)22(21)19-13-11-12-15(2)16(19)3/h11-13,21-22H,7-10,14H2,1-6H3. The van der Waals surface area contributed by atoms with E-state index < -0.39 is 5.92 Å². The van der Waals surface area contributed by atoms with Gasteiger partial charge in [0, 0.05) is 24.2 Å². The Hall–Kier alpha value is -2.43. The minimum absolute atomic E-state index is 0.126. The number of unbranched alkanes of at least 4 members (excludes halogenated alkanes) is 3. The molecule has 1 aromatic heterocycles. The number of ether oxygens (including phenoxy) is 1. The topological polar surface area (TPSA) is 56.5 Å². The molecule has 1 aliphatic heterocycles. The van der Waals surface area contributed by atoms with Crippen LogP contribution in [0.5, 0.6) is 0 Å². The van der Waals surface area contributed by atoms with Crippen LogP contribution in [-0.2, 0) is 16.6 Å². The normalized spacial score (nSPS) is 18.3. The molecule has 2 aromatic rings. The van der Waals surface area contributed by atoms with Crippen LogP contribution in [0, 0.1) is 26.7 Å². The number of carbonyl (C=O) groups excluding carboxylic acids is 1. The average Bonchev–Trinajstić information content (AvgIpc) is 2.96. The number of rotatable bonds is 7. The fraction of sp³-hybridized carbons (Fsp3) is 0.542. The van der Waals surface area contributed by atoms with E-state index in [-0.39, 0.29) is 11.9 Å². The Kier molecular flexibility index (Phi) is 6.56. The maximum atomic E-state index is 13.2. The molecule has 0 fully saturated rings. The van der Waals surface area contributed by atoms with Crippen LogP contribution in [0.1, 0.15) is 73.4 Å². The second-order valence-corrected chi connectivity index (χ2v) is 8.17. The maximum Gasteiger partial charge on any atom is 0.315 e. The van der Waals surface area contributed by atoms with Gasteiger partial charge in [0.25, 0.3) is 0 Å². The lowest BCUT2D eigenvalue weighted by Crippen LogP contribution is -2.34. The van der Waals surface area contributed by atoms with E-state index in [0.29, 0.717) is 6.61 Å². The van der Waals surface area contributed by atoms with Gasteiger partial charge in [-0.15, -0.1) is 0 Å². The first-order chi connectivity index (χ1) is 13.9. The van der Waals surface area contributed by atoms with E-state index in [1.807, 2.05) is 25.6 Å². The highest BCUT2D eigenvalue weighted by atomic mass is 16.5. The summed E-state index contributed by atoms with van der Waals surface area (Å²) in [5, 5.41) is 4.60. The van der Waals surface area contributed by atoms with E-state index in [0.717, 1.165) is 41.2 Å². The fourth-order valence-electron chi connectivity index (χ4n) is 4.35. The number of benzene rings is 1. The summed E-state index contributed by atoms with van der Waals surface area (Å²) in [5.74, 6) is 0.122. The Bertz CT molecular complexity index is 926. The lowest BCUT2D eigenvalue weighted by atomic mass is 9.74. The molecule has 156 valence electrons. The number of aromatic nitrogens is 2. The second kappa shape index (κ2) is 8.93. The molecule has 0 aliphatic carbocycles. The van der Waals surface area contributed by atoms with Crippen molar-refractivity contribution in [1.29, 1.82) is 0 Å². The number of carbonyl (C=O) groups is 1. The predicted octanol–water partition coefficient (Wildman–Crippen LogP) is 5.32. The molecule has 1 aromatic carbocycles. The Morgan fingerprint density at radius 1 is 1.14 bits per heavy atom. The van der Waals surface area contributed by atoms with Gasteiger partial charge in [0.05, 0.1) is 12.3 Å². The molecule has 0 saturated heterocycles. The van der Waals surface area contributed by atoms with Crippen LogP contribution in [0.3, 0.4) is 0 Å². The van der Waals surface area contributed by atoms with Crippen LogP contribution in [0.25, 0.3) is 0 Å². The van der Waals surface area contributed by atoms with Gasteiger partial charge in [-0.3, -0.25) is 9.48 Å². The van der Waals surface area contributed by atoms with Crippen LogP contribution >= 0.6 is 0 Å². The van der Waals surface area contributed by atoms with Crippen molar-refractivity contribution in [3.8, 4) is 0 Å². The summed E-state index contributed by atoms with van der Waals surface area (Å²) in [6, 6.07) is 6.31. The van der Waals surface area contributed by atoms with E-state index in [4.69, 9.17) is 9.73 Å². The van der Waals surface area contributed by atoms with E-state index in [2.05, 4.69) is 44.1 Å². The number of esters is 1. The van der Waals surface area contributed by atoms with Crippen molar-refractivity contribution in [3.63, 3.8) is 0 Å². The zero-order chi connectivity index (χ0) is 21.1. The van der Waals surface area contributed by atoms with Gasteiger partial charge in [0.15, 0.2) is 5.82 Å². The average molecular weight is 396 g/mol. The SMILES string of the molecule is CCCCCCOC(=O)C1C(C)=Nc2c(c(C)nn2C)C1c1cccc(C)c1C. The molecule has 2 atom stereocenters. The van der Waals surface area contributed by atoms with E-state index in [1.54, 1.807) is 0 Å². The fourth-order valence-corrected chi connectivity index (χ4v) is 4.35. The largest absolute Gasteiger partial charge is 0.465 e. The lowest BCUT2D eigenvalue weighted by molar-refractivity contribution is -0.146. The molecule has 2 heterocycles. The van der Waals surface area contributed by atoms with Gasteiger partial charge in [-0.25, -0.2) is 4.99 Å². The molecule has 2 unspecified atom stereocenters. The molecule has 5 nitrogen and oxygen atoms in total. The van der Waals surface area contributed by atoms with Gasteiger partial charge in [0.2, 0.25) is 0 Å². The first kappa shape index (κ1) is 21.3. The third-order valence-electron chi connectivity index (χ3n) is 6.09. The van der Waals surface area contributed by atoms with Crippen LogP contribution in [0.15, 0.2) is 23.2 Å². The molecule has 0 spiro atoms. The molecule has 5 heteroatoms. The molecule has 0 saturated carbocycles. The second-order valence-electron chi connectivity index (χ2n) is 8.17. The molecular weight excluding hydrogens is 362 g/mol. The highest BCUT2D eigenvalue weighted by Gasteiger charge is 2.41. The van der Waals surface area contributed by atoms with Crippen molar-refractivity contribution in [2.24, 2.45) is 18.0 Å². The molecule has 0 amide bonds. The Balaban J connectivity index is 2.00. The number of nitrogens with zero attached hydrogens (tertiary/aromatic N) is 3. The van der Waals surface area contributed by atoms with Gasteiger partial charge in [-0.1, -0.05) is 44.4 Å². The number of hydrogen-bond acceptors (Lipinski definition) is 4. The first-order valence-electron chi connectivity index (χ1n) is 10.7. The van der Waals surface area contributed by atoms with Crippen LogP contribution in [0.4, 0.5) is 5.82 Å². The van der Waals surface area contributed by atoms with Crippen molar-refractivity contribution in [3.05, 3.63) is 46.1 Å². The minimum Gasteiger partial charge on any atom is -0.465 e. The molecule has 0 bridgehead atoms. The Morgan fingerprint density at radius 2 is 1.90 bits per heavy atom. The van der Waals surface area contributed by atoms with E-state index in [1.165, 1.54) is 24.0 Å². The van der Waals surface area contributed by atoms with Crippen molar-refractivity contribution in [2.75, 3.05) is 6.61 Å². The number of hydrogen-bond donors (Lipinski definition) is 0. The summed E-state index contributed by atoms with van der Waals surface area (Å²) in [4.78, 5) is 18.0. The van der Waals surface area contributed by atoms with E-state index >= 15 is 0 Å². The van der Waals surface area contributed by atoms with E-state index in [9.17, 15) is 4.79 Å². The third kappa shape index (κ3) is 4.14. The third-order valence-corrected chi connectivity index (χ3v) is 6.09. The predicted molar refractivity (Wildman–Crippen MR) is 117 cm³/mol. The smallest absolute Gasteiger partial charge is 0.315 e. The maximum absolute atomic E-state index is 13.2. The zero-order valence-corrected chi connectivity index (χ0v) is 18.6. The van der Waals surface area contributed by atoms with Crippen molar-refractivity contribution in [1.82, 2.24) is 9.78 Å². The molecule has 0 N–H and O–H groups in total. The highest BCUT2D eigenvalue weighted by Crippen LogP contribution is 2.45. The zero-order valence-electron chi connectivity index (χ0n) is 18.6. The number of fused-ring (bicyclic) bond motifs is 1. The lowest BCUT2D eigenvalue weighted by Gasteiger charge is -2.31. The summed E-state index contributed by atoms with van der Waals surface area (Å²) in [6.45, 7) is 10.8. The number of aliphatic imine (C=N–C) groups is 1. The summed E-state index contributed by atoms with van der Waals surface area (Å²) in [6.07, 6.45) is 4.34. The summed E-state index contributed by atoms with van der Waals surface area (Å²) >= 11 is 0. The summed E-state index contributed by atoms with van der Waals surface area (Å²) in [5.41, 5.74) is 6.35. The van der Waals surface area contributed by atoms with Gasteiger partial charge >= 0.3 is 5.97 Å². The van der Waals surface area contributed by atoms with Gasteiger partial charge in [-0.2, -0.15) is 5.10 Å². The molecule has 29 heavy (non-hydrogen) atoms. The molecule has 3 rings (SSSR count). The quantitative estimate of drug-likeness (QED) is 0.471. The molecule has 0 radical (unpaired) electrons. The summed E-state index contributed by atoms with van der Waals surface area (Å²) < 4.78 is 7.55. The minimum atomic E-state index is -0.419. The monoisotopic (exact) mass is 395 g/mol. The molecule has 1 aliphatic rings. The van der Waals surface area contributed by atoms with Crippen molar-refractivity contribution < 1.29 is 9.53 Å². The Labute approximate surface area is 174 Å². The Morgan fingerprint density at radius 3 is 2.62 bits per heavy atom. The highest BCUT2D eigenvalue weighted by molar-refractivity contribution is 6.05. The van der Waals surface area contributed by atoms with Gasteiger partial charge < -0.3 is 4.74 Å². The van der Waals surface area contributed by atoms with Gasteiger partial charge in [0.1, 0.15) is 5.92 Å². The first-order valence-corrected chi connectivity index (χ1v) is 10.7. The van der Waals surface area contributed by atoms with Crippen LogP contribution in [0.2, 0.25) is 0 Å².